The van der Waals surface area contributed by atoms with E-state index in [4.69, 9.17) is 4.98 Å². The van der Waals surface area contributed by atoms with Gasteiger partial charge in [0.25, 0.3) is 0 Å². The van der Waals surface area contributed by atoms with Gasteiger partial charge in [-0.2, -0.15) is 0 Å². The number of anilines is 1. The SMILES string of the molecule is Cc1cccnc1-c1nc2cc(N(C)C)ccc2s1. The first-order valence-corrected chi connectivity index (χ1v) is 6.97. The second-order valence-electron chi connectivity index (χ2n) is 4.73. The summed E-state index contributed by atoms with van der Waals surface area (Å²) >= 11 is 1.69. The van der Waals surface area contributed by atoms with Crippen molar-refractivity contribution in [2.75, 3.05) is 19.0 Å². The maximum Gasteiger partial charge on any atom is 0.143 e. The van der Waals surface area contributed by atoms with Crippen LogP contribution in [0.1, 0.15) is 5.56 Å². The van der Waals surface area contributed by atoms with Crippen LogP contribution >= 0.6 is 11.3 Å². The minimum Gasteiger partial charge on any atom is -0.378 e. The van der Waals surface area contributed by atoms with Crippen molar-refractivity contribution in [3.05, 3.63) is 42.1 Å². The zero-order valence-corrected chi connectivity index (χ0v) is 12.0. The van der Waals surface area contributed by atoms with Crippen LogP contribution in [0.15, 0.2) is 36.5 Å². The van der Waals surface area contributed by atoms with Crippen molar-refractivity contribution in [2.24, 2.45) is 0 Å². The van der Waals surface area contributed by atoms with E-state index in [9.17, 15) is 0 Å². The van der Waals surface area contributed by atoms with Gasteiger partial charge in [-0.1, -0.05) is 6.07 Å². The Hall–Kier alpha value is -1.94. The molecular weight excluding hydrogens is 254 g/mol. The van der Waals surface area contributed by atoms with E-state index in [-0.39, 0.29) is 0 Å². The lowest BCUT2D eigenvalue weighted by atomic mass is 10.2. The Morgan fingerprint density at radius 1 is 1.16 bits per heavy atom. The first-order chi connectivity index (χ1) is 9.15. The lowest BCUT2D eigenvalue weighted by Gasteiger charge is -2.11. The summed E-state index contributed by atoms with van der Waals surface area (Å²) in [5.41, 5.74) is 4.35. The number of aryl methyl sites for hydroxylation is 1. The normalized spacial score (nSPS) is 10.9. The number of benzene rings is 1. The molecular formula is C15H15N3S. The summed E-state index contributed by atoms with van der Waals surface area (Å²) in [4.78, 5) is 11.2. The van der Waals surface area contributed by atoms with Crippen molar-refractivity contribution in [1.29, 1.82) is 0 Å². The first-order valence-electron chi connectivity index (χ1n) is 6.15. The van der Waals surface area contributed by atoms with E-state index in [1.807, 2.05) is 26.4 Å². The molecule has 3 nitrogen and oxygen atoms in total. The van der Waals surface area contributed by atoms with Crippen LogP contribution in [0, 0.1) is 6.92 Å². The quantitative estimate of drug-likeness (QED) is 0.709. The van der Waals surface area contributed by atoms with Crippen LogP contribution in [0.3, 0.4) is 0 Å². The standard InChI is InChI=1S/C15H15N3S/c1-10-5-4-8-16-14(10)15-17-12-9-11(18(2)3)6-7-13(12)19-15/h4-9H,1-3H3. The third kappa shape index (κ3) is 2.19. The fraction of sp³-hybridized carbons (Fsp3) is 0.200. The second-order valence-corrected chi connectivity index (χ2v) is 5.77. The summed E-state index contributed by atoms with van der Waals surface area (Å²) in [6.07, 6.45) is 1.82. The zero-order chi connectivity index (χ0) is 13.4. The van der Waals surface area contributed by atoms with E-state index in [0.29, 0.717) is 0 Å². The molecule has 0 aliphatic carbocycles. The highest BCUT2D eigenvalue weighted by Crippen LogP contribution is 2.32. The summed E-state index contributed by atoms with van der Waals surface area (Å²) < 4.78 is 1.20. The van der Waals surface area contributed by atoms with Crippen LogP contribution in [-0.4, -0.2) is 24.1 Å². The van der Waals surface area contributed by atoms with E-state index in [2.05, 4.69) is 41.1 Å². The van der Waals surface area contributed by atoms with E-state index < -0.39 is 0 Å². The highest BCUT2D eigenvalue weighted by molar-refractivity contribution is 7.21. The largest absolute Gasteiger partial charge is 0.378 e. The predicted octanol–water partition coefficient (Wildman–Crippen LogP) is 3.73. The summed E-state index contributed by atoms with van der Waals surface area (Å²) in [6, 6.07) is 10.4. The molecule has 4 heteroatoms. The maximum atomic E-state index is 4.72. The average molecular weight is 269 g/mol. The van der Waals surface area contributed by atoms with E-state index in [1.54, 1.807) is 11.3 Å². The average Bonchev–Trinajstić information content (AvgIpc) is 2.81. The van der Waals surface area contributed by atoms with Gasteiger partial charge in [0, 0.05) is 26.0 Å². The molecule has 0 fully saturated rings. The molecule has 3 rings (SSSR count). The molecule has 0 unspecified atom stereocenters. The van der Waals surface area contributed by atoms with Gasteiger partial charge in [-0.15, -0.1) is 11.3 Å². The Bertz CT molecular complexity index is 731. The Balaban J connectivity index is 2.14. The van der Waals surface area contributed by atoms with E-state index in [0.717, 1.165) is 21.8 Å². The first kappa shape index (κ1) is 12.1. The molecule has 0 atom stereocenters. The van der Waals surface area contributed by atoms with Crippen LogP contribution in [0.5, 0.6) is 0 Å². The van der Waals surface area contributed by atoms with Gasteiger partial charge in [-0.05, 0) is 36.8 Å². The van der Waals surface area contributed by atoms with Gasteiger partial charge in [0.1, 0.15) is 10.7 Å². The van der Waals surface area contributed by atoms with Crippen molar-refractivity contribution in [3.63, 3.8) is 0 Å². The molecule has 0 bridgehead atoms. The van der Waals surface area contributed by atoms with E-state index in [1.165, 1.54) is 10.4 Å². The molecule has 2 heterocycles. The van der Waals surface area contributed by atoms with Gasteiger partial charge in [-0.25, -0.2) is 4.98 Å². The maximum absolute atomic E-state index is 4.72. The Labute approximate surface area is 116 Å². The number of rotatable bonds is 2. The fourth-order valence-electron chi connectivity index (χ4n) is 2.00. The molecule has 96 valence electrons. The minimum absolute atomic E-state index is 0.982. The Morgan fingerprint density at radius 3 is 2.74 bits per heavy atom. The minimum atomic E-state index is 0.982. The molecule has 0 spiro atoms. The Kier molecular flexibility index (Phi) is 2.95. The molecule has 0 amide bonds. The molecule has 0 aliphatic rings. The number of aromatic nitrogens is 2. The fourth-order valence-corrected chi connectivity index (χ4v) is 3.01. The van der Waals surface area contributed by atoms with Gasteiger partial charge in [-0.3, -0.25) is 4.98 Å². The van der Waals surface area contributed by atoms with Gasteiger partial charge in [0.15, 0.2) is 0 Å². The third-order valence-corrected chi connectivity index (χ3v) is 4.14. The van der Waals surface area contributed by atoms with Crippen LogP contribution in [0.4, 0.5) is 5.69 Å². The summed E-state index contributed by atoms with van der Waals surface area (Å²) in [7, 11) is 4.08. The summed E-state index contributed by atoms with van der Waals surface area (Å²) in [5, 5.41) is 0.990. The second kappa shape index (κ2) is 4.63. The van der Waals surface area contributed by atoms with Crippen LogP contribution < -0.4 is 4.90 Å². The number of fused-ring (bicyclic) bond motifs is 1. The van der Waals surface area contributed by atoms with Crippen molar-refractivity contribution in [2.45, 2.75) is 6.92 Å². The molecule has 0 N–H and O–H groups in total. The summed E-state index contributed by atoms with van der Waals surface area (Å²) in [5.74, 6) is 0. The number of nitrogens with zero attached hydrogens (tertiary/aromatic N) is 3. The van der Waals surface area contributed by atoms with Gasteiger partial charge in [0.2, 0.25) is 0 Å². The van der Waals surface area contributed by atoms with Crippen molar-refractivity contribution in [3.8, 4) is 10.7 Å². The van der Waals surface area contributed by atoms with Gasteiger partial charge < -0.3 is 4.90 Å². The zero-order valence-electron chi connectivity index (χ0n) is 11.2. The number of thiazole rings is 1. The smallest absolute Gasteiger partial charge is 0.143 e. The van der Waals surface area contributed by atoms with Crippen LogP contribution in [0.2, 0.25) is 0 Å². The van der Waals surface area contributed by atoms with Gasteiger partial charge in [0.05, 0.1) is 10.2 Å². The third-order valence-electron chi connectivity index (χ3n) is 3.10. The summed E-state index contributed by atoms with van der Waals surface area (Å²) in [6.45, 7) is 2.07. The van der Waals surface area contributed by atoms with Crippen molar-refractivity contribution in [1.82, 2.24) is 9.97 Å². The highest BCUT2D eigenvalue weighted by Gasteiger charge is 2.10. The van der Waals surface area contributed by atoms with Crippen molar-refractivity contribution < 1.29 is 0 Å². The Morgan fingerprint density at radius 2 is 2.00 bits per heavy atom. The lowest BCUT2D eigenvalue weighted by Crippen LogP contribution is -2.07. The molecule has 0 saturated heterocycles. The predicted molar refractivity (Wildman–Crippen MR) is 81.9 cm³/mol. The topological polar surface area (TPSA) is 29.0 Å². The van der Waals surface area contributed by atoms with Gasteiger partial charge >= 0.3 is 0 Å². The lowest BCUT2D eigenvalue weighted by molar-refractivity contribution is 1.13. The van der Waals surface area contributed by atoms with Crippen molar-refractivity contribution >= 4 is 27.2 Å². The number of pyridine rings is 1. The molecule has 0 aliphatic heterocycles. The number of hydrogen-bond donors (Lipinski definition) is 0. The monoisotopic (exact) mass is 269 g/mol. The van der Waals surface area contributed by atoms with Crippen LogP contribution in [-0.2, 0) is 0 Å². The molecule has 0 saturated carbocycles. The molecule has 0 radical (unpaired) electrons. The molecule has 1 aromatic carbocycles. The van der Waals surface area contributed by atoms with E-state index >= 15 is 0 Å². The molecule has 19 heavy (non-hydrogen) atoms. The molecule has 2 aromatic heterocycles. The number of hydrogen-bond acceptors (Lipinski definition) is 4. The highest BCUT2D eigenvalue weighted by atomic mass is 32.1. The van der Waals surface area contributed by atoms with Crippen LogP contribution in [0.25, 0.3) is 20.9 Å². The molecule has 3 aromatic rings.